The van der Waals surface area contributed by atoms with Crippen LogP contribution in [0.15, 0.2) is 0 Å². The highest BCUT2D eigenvalue weighted by Gasteiger charge is 2.25. The molecule has 0 spiro atoms. The first-order chi connectivity index (χ1) is 11.5. The van der Waals surface area contributed by atoms with Crippen LogP contribution in [0.2, 0.25) is 0 Å². The number of nitrogens with two attached hydrogens (primary N) is 3. The van der Waals surface area contributed by atoms with Crippen LogP contribution in [0.25, 0.3) is 0 Å². The summed E-state index contributed by atoms with van der Waals surface area (Å²) >= 11 is 0. The third-order valence-electron chi connectivity index (χ3n) is 2.85. The summed E-state index contributed by atoms with van der Waals surface area (Å²) in [7, 11) is 0. The zero-order valence-corrected chi connectivity index (χ0v) is 15.9. The van der Waals surface area contributed by atoms with Gasteiger partial charge in [-0.1, -0.05) is 34.6 Å². The summed E-state index contributed by atoms with van der Waals surface area (Å²) in [6.07, 6.45) is 2.74. The molecule has 1 unspecified atom stereocenters. The molecule has 1 aliphatic heterocycles. The van der Waals surface area contributed by atoms with Gasteiger partial charge < -0.3 is 27.4 Å². The van der Waals surface area contributed by atoms with Crippen LogP contribution in [0.3, 0.4) is 0 Å². The summed E-state index contributed by atoms with van der Waals surface area (Å²) in [4.78, 5) is 34.3. The predicted molar refractivity (Wildman–Crippen MR) is 98.0 cm³/mol. The predicted octanol–water partition coefficient (Wildman–Crippen LogP) is -0.0549. The van der Waals surface area contributed by atoms with Gasteiger partial charge in [0, 0.05) is 13.1 Å². The Morgan fingerprint density at radius 3 is 1.71 bits per heavy atom. The van der Waals surface area contributed by atoms with E-state index in [4.69, 9.17) is 11.5 Å². The maximum atomic E-state index is 11.9. The molecule has 1 rings (SSSR count). The fraction of sp³-hybridized carbons (Fsp3) is 0.812. The number of hydrogen-bond donors (Lipinski definition) is 4. The number of primary amides is 1. The van der Waals surface area contributed by atoms with Gasteiger partial charge >= 0.3 is 0 Å². The van der Waals surface area contributed by atoms with Crippen LogP contribution in [0, 0.1) is 0 Å². The van der Waals surface area contributed by atoms with Gasteiger partial charge in [-0.3, -0.25) is 14.4 Å². The molecule has 1 heterocycles. The lowest BCUT2D eigenvalue weighted by Gasteiger charge is -2.22. The minimum Gasteiger partial charge on any atom is -0.369 e. The Kier molecular flexibility index (Phi) is 22.0. The third kappa shape index (κ3) is 14.0. The second-order valence-corrected chi connectivity index (χ2v) is 4.44. The zero-order chi connectivity index (χ0) is 19.5. The Labute approximate surface area is 146 Å². The van der Waals surface area contributed by atoms with Crippen LogP contribution in [-0.4, -0.2) is 54.8 Å². The molecular formula is C16H37N5O3. The van der Waals surface area contributed by atoms with Gasteiger partial charge in [0.1, 0.15) is 6.04 Å². The van der Waals surface area contributed by atoms with Crippen molar-refractivity contribution in [3.63, 3.8) is 0 Å². The molecule has 0 aromatic carbocycles. The standard InChI is InChI=1S/C10H19N3O2.C2H6N2O.2C2H6/c1-2-8(12-9(14)7-11)10(15)13-5-3-4-6-13;3-1-2(4)5;2*1-2/h8H,2-7,11H2,1H3,(H,12,14);1,3H2,(H2,4,5);2*1-2H3. The van der Waals surface area contributed by atoms with Gasteiger partial charge in [0.2, 0.25) is 17.7 Å². The van der Waals surface area contributed by atoms with Gasteiger partial charge in [-0.2, -0.15) is 0 Å². The SMILES string of the molecule is CC.CC.CCC(NC(=O)CN)C(=O)N1CCCC1.NCC(N)=O. The molecule has 1 atom stereocenters. The van der Waals surface area contributed by atoms with Crippen molar-refractivity contribution in [1.29, 1.82) is 0 Å². The van der Waals surface area contributed by atoms with E-state index < -0.39 is 11.9 Å². The van der Waals surface area contributed by atoms with Crippen LogP contribution in [0.1, 0.15) is 53.9 Å². The van der Waals surface area contributed by atoms with Crippen LogP contribution in [-0.2, 0) is 14.4 Å². The number of amides is 3. The number of carbonyl (C=O) groups excluding carboxylic acids is 3. The van der Waals surface area contributed by atoms with Crippen LogP contribution >= 0.6 is 0 Å². The molecule has 1 aliphatic rings. The van der Waals surface area contributed by atoms with Gasteiger partial charge in [0.25, 0.3) is 0 Å². The molecule has 1 saturated heterocycles. The number of nitrogens with zero attached hydrogens (tertiary/aromatic N) is 1. The fourth-order valence-corrected chi connectivity index (χ4v) is 1.75. The largest absolute Gasteiger partial charge is 0.369 e. The highest BCUT2D eigenvalue weighted by molar-refractivity contribution is 5.88. The van der Waals surface area contributed by atoms with Gasteiger partial charge in [-0.25, -0.2) is 0 Å². The van der Waals surface area contributed by atoms with E-state index in [0.29, 0.717) is 6.42 Å². The molecule has 0 aliphatic carbocycles. The minimum atomic E-state index is -0.468. The Morgan fingerprint density at radius 2 is 1.42 bits per heavy atom. The van der Waals surface area contributed by atoms with Crippen molar-refractivity contribution in [3.05, 3.63) is 0 Å². The molecule has 8 nitrogen and oxygen atoms in total. The first-order valence-corrected chi connectivity index (χ1v) is 8.72. The lowest BCUT2D eigenvalue weighted by Crippen LogP contribution is -2.48. The third-order valence-corrected chi connectivity index (χ3v) is 2.85. The first kappa shape index (κ1) is 27.2. The van der Waals surface area contributed by atoms with Crippen molar-refractivity contribution in [3.8, 4) is 0 Å². The number of hydrogen-bond acceptors (Lipinski definition) is 5. The molecule has 0 saturated carbocycles. The monoisotopic (exact) mass is 347 g/mol. The number of nitrogens with one attached hydrogen (secondary N) is 1. The molecule has 24 heavy (non-hydrogen) atoms. The van der Waals surface area contributed by atoms with E-state index in [1.807, 2.05) is 39.5 Å². The number of likely N-dealkylation sites (tertiary alicyclic amines) is 1. The second kappa shape index (κ2) is 19.4. The Bertz CT molecular complexity index is 332. The van der Waals surface area contributed by atoms with Crippen molar-refractivity contribution >= 4 is 17.7 Å². The average molecular weight is 348 g/mol. The summed E-state index contributed by atoms with van der Waals surface area (Å²) < 4.78 is 0. The summed E-state index contributed by atoms with van der Waals surface area (Å²) in [5.74, 6) is -0.712. The van der Waals surface area contributed by atoms with Gasteiger partial charge in [0.05, 0.1) is 13.1 Å². The second-order valence-electron chi connectivity index (χ2n) is 4.44. The number of rotatable bonds is 5. The molecular weight excluding hydrogens is 310 g/mol. The molecule has 0 aromatic rings. The summed E-state index contributed by atoms with van der Waals surface area (Å²) in [5.41, 5.74) is 14.4. The highest BCUT2D eigenvalue weighted by atomic mass is 16.2. The molecule has 144 valence electrons. The zero-order valence-electron chi connectivity index (χ0n) is 15.9. The lowest BCUT2D eigenvalue weighted by molar-refractivity contribution is -0.135. The summed E-state index contributed by atoms with van der Waals surface area (Å²) in [6.45, 7) is 11.4. The van der Waals surface area contributed by atoms with E-state index in [-0.39, 0.29) is 24.9 Å². The Morgan fingerprint density at radius 1 is 1.00 bits per heavy atom. The quantitative estimate of drug-likeness (QED) is 0.551. The maximum Gasteiger partial charge on any atom is 0.245 e. The molecule has 3 amide bonds. The first-order valence-electron chi connectivity index (χ1n) is 8.72. The van der Waals surface area contributed by atoms with Gasteiger partial charge in [0.15, 0.2) is 0 Å². The van der Waals surface area contributed by atoms with Crippen molar-refractivity contribution < 1.29 is 14.4 Å². The van der Waals surface area contributed by atoms with E-state index in [1.165, 1.54) is 0 Å². The van der Waals surface area contributed by atoms with Gasteiger partial charge in [-0.05, 0) is 19.3 Å². The number of carbonyl (C=O) groups is 3. The molecule has 0 radical (unpaired) electrons. The van der Waals surface area contributed by atoms with Crippen molar-refractivity contribution in [2.24, 2.45) is 17.2 Å². The highest BCUT2D eigenvalue weighted by Crippen LogP contribution is 2.10. The topological polar surface area (TPSA) is 145 Å². The fourth-order valence-electron chi connectivity index (χ4n) is 1.75. The average Bonchev–Trinajstić information content (AvgIpc) is 3.17. The van der Waals surface area contributed by atoms with Crippen molar-refractivity contribution in [2.45, 2.75) is 59.9 Å². The normalized spacial score (nSPS) is 13.0. The van der Waals surface area contributed by atoms with Crippen molar-refractivity contribution in [2.75, 3.05) is 26.2 Å². The van der Waals surface area contributed by atoms with E-state index in [2.05, 4.69) is 11.1 Å². The smallest absolute Gasteiger partial charge is 0.245 e. The molecule has 8 heteroatoms. The lowest BCUT2D eigenvalue weighted by atomic mass is 10.2. The molecule has 1 fully saturated rings. The molecule has 0 bridgehead atoms. The van der Waals surface area contributed by atoms with Gasteiger partial charge in [-0.15, -0.1) is 0 Å². The molecule has 7 N–H and O–H groups in total. The Balaban J connectivity index is -0.000000413. The summed E-state index contributed by atoms with van der Waals surface area (Å²) in [6, 6.07) is -0.404. The maximum absolute atomic E-state index is 11.9. The summed E-state index contributed by atoms with van der Waals surface area (Å²) in [5, 5.41) is 2.64. The van der Waals surface area contributed by atoms with Crippen molar-refractivity contribution in [1.82, 2.24) is 10.2 Å². The molecule has 0 aromatic heterocycles. The van der Waals surface area contributed by atoms with Crippen LogP contribution in [0.4, 0.5) is 0 Å². The Hall–Kier alpha value is -1.67. The minimum absolute atomic E-state index is 0.0248. The van der Waals surface area contributed by atoms with E-state index >= 15 is 0 Å². The van der Waals surface area contributed by atoms with E-state index in [1.54, 1.807) is 0 Å². The van der Waals surface area contributed by atoms with E-state index in [9.17, 15) is 14.4 Å². The van der Waals surface area contributed by atoms with E-state index in [0.717, 1.165) is 25.9 Å². The van der Waals surface area contributed by atoms with Crippen LogP contribution in [0.5, 0.6) is 0 Å². The van der Waals surface area contributed by atoms with Crippen LogP contribution < -0.4 is 22.5 Å².